The maximum Gasteiger partial charge on any atom is 0.490 e. The molecule has 2 aromatic carbocycles. The summed E-state index contributed by atoms with van der Waals surface area (Å²) in [5.74, 6) is -1.37. The zero-order chi connectivity index (χ0) is 29.4. The van der Waals surface area contributed by atoms with Crippen molar-refractivity contribution in [2.24, 2.45) is 0 Å². The summed E-state index contributed by atoms with van der Waals surface area (Å²) in [6.45, 7) is 0. The van der Waals surface area contributed by atoms with Crippen LogP contribution < -0.4 is 25.4 Å². The van der Waals surface area contributed by atoms with Crippen LogP contribution in [0.5, 0.6) is 17.4 Å². The molecule has 0 atom stereocenters. The van der Waals surface area contributed by atoms with Crippen LogP contribution in [-0.4, -0.2) is 47.4 Å². The lowest BCUT2D eigenvalue weighted by Crippen LogP contribution is -2.21. The first-order valence-corrected chi connectivity index (χ1v) is 11.0. The number of alkyl halides is 6. The van der Waals surface area contributed by atoms with E-state index in [4.69, 9.17) is 19.4 Å². The molecule has 0 unspecified atom stereocenters. The van der Waals surface area contributed by atoms with Crippen molar-refractivity contribution in [1.82, 2.24) is 9.97 Å². The van der Waals surface area contributed by atoms with Gasteiger partial charge in [0, 0.05) is 30.6 Å². The second-order valence-corrected chi connectivity index (χ2v) is 7.90. The number of carbonyl (C=O) groups excluding carboxylic acids is 1. The summed E-state index contributed by atoms with van der Waals surface area (Å²) in [5, 5.41) is 14.9. The molecule has 0 saturated heterocycles. The van der Waals surface area contributed by atoms with Crippen molar-refractivity contribution in [3.8, 4) is 17.4 Å². The molecule has 1 aromatic heterocycles. The number of amides is 2. The van der Waals surface area contributed by atoms with Crippen LogP contribution in [0.3, 0.4) is 0 Å². The zero-order valence-electron chi connectivity index (χ0n) is 19.7. The molecule has 0 spiro atoms. The molecule has 3 rings (SSSR count). The van der Waals surface area contributed by atoms with E-state index in [1.54, 1.807) is 19.2 Å². The number of carbonyl (C=O) groups is 2. The van der Waals surface area contributed by atoms with E-state index in [0.717, 1.165) is 12.1 Å². The van der Waals surface area contributed by atoms with Gasteiger partial charge in [0.15, 0.2) is 11.5 Å². The van der Waals surface area contributed by atoms with E-state index in [2.05, 4.69) is 41.8 Å². The van der Waals surface area contributed by atoms with Crippen LogP contribution in [0.2, 0.25) is 0 Å². The minimum absolute atomic E-state index is 0.00703. The molecular weight excluding hydrogens is 608 g/mol. The average Bonchev–Trinajstić information content (AvgIpc) is 2.85. The fourth-order valence-corrected chi connectivity index (χ4v) is 3.12. The number of nitrogens with zero attached hydrogens (tertiary/aromatic N) is 2. The van der Waals surface area contributed by atoms with E-state index in [9.17, 15) is 31.1 Å². The number of nitrogens with one attached hydrogen (secondary N) is 3. The van der Waals surface area contributed by atoms with E-state index in [1.165, 1.54) is 31.6 Å². The van der Waals surface area contributed by atoms with Crippen molar-refractivity contribution in [2.75, 3.05) is 30.1 Å². The number of methoxy groups -OCH3 is 1. The Bertz CT molecular complexity index is 1320. The smallest absolute Gasteiger partial charge is 0.490 e. The Balaban J connectivity index is 0.000000673. The molecule has 39 heavy (non-hydrogen) atoms. The van der Waals surface area contributed by atoms with E-state index >= 15 is 0 Å². The quantitative estimate of drug-likeness (QED) is 0.232. The molecule has 4 N–H and O–H groups in total. The molecule has 1 heterocycles. The lowest BCUT2D eigenvalue weighted by Gasteiger charge is -2.15. The number of rotatable bonds is 6. The largest absolute Gasteiger partial charge is 0.493 e. The van der Waals surface area contributed by atoms with Crippen LogP contribution in [0.1, 0.15) is 5.56 Å². The number of hydrogen-bond donors (Lipinski definition) is 4. The highest BCUT2D eigenvalue weighted by Gasteiger charge is 2.38. The number of hydrogen-bond acceptors (Lipinski definition) is 7. The van der Waals surface area contributed by atoms with Gasteiger partial charge in [0.05, 0.1) is 17.1 Å². The highest BCUT2D eigenvalue weighted by Crippen LogP contribution is 2.41. The minimum atomic E-state index is -5.08. The third-order valence-electron chi connectivity index (χ3n) is 4.28. The van der Waals surface area contributed by atoms with Crippen molar-refractivity contribution in [2.45, 2.75) is 12.4 Å². The van der Waals surface area contributed by atoms with Gasteiger partial charge < -0.3 is 30.5 Å². The summed E-state index contributed by atoms with van der Waals surface area (Å²) < 4.78 is 81.8. The predicted octanol–water partition coefficient (Wildman–Crippen LogP) is 6.38. The summed E-state index contributed by atoms with van der Waals surface area (Å²) in [7, 11) is 3.12. The van der Waals surface area contributed by atoms with Crippen molar-refractivity contribution in [3.63, 3.8) is 0 Å². The van der Waals surface area contributed by atoms with Gasteiger partial charge in [-0.05, 0) is 40.2 Å². The molecule has 2 amide bonds. The van der Waals surface area contributed by atoms with Crippen molar-refractivity contribution < 1.29 is 50.5 Å². The molecule has 0 aliphatic carbocycles. The molecule has 0 aliphatic rings. The van der Waals surface area contributed by atoms with Gasteiger partial charge >= 0.3 is 24.4 Å². The highest BCUT2D eigenvalue weighted by atomic mass is 79.9. The van der Waals surface area contributed by atoms with Crippen molar-refractivity contribution in [1.29, 1.82) is 0 Å². The van der Waals surface area contributed by atoms with Gasteiger partial charge in [-0.2, -0.15) is 26.3 Å². The summed E-state index contributed by atoms with van der Waals surface area (Å²) in [6, 6.07) is 8.20. The Morgan fingerprint density at radius 2 is 1.62 bits per heavy atom. The number of carboxylic acid groups (broad SMARTS) is 1. The summed E-state index contributed by atoms with van der Waals surface area (Å²) >= 11 is 3.36. The lowest BCUT2D eigenvalue weighted by atomic mass is 10.2. The number of aromatic nitrogens is 2. The van der Waals surface area contributed by atoms with Gasteiger partial charge in [-0.25, -0.2) is 19.6 Å². The second kappa shape index (κ2) is 13.0. The molecule has 0 saturated carbocycles. The van der Waals surface area contributed by atoms with Crippen molar-refractivity contribution in [3.05, 3.63) is 58.8 Å². The average molecular weight is 626 g/mol. The third-order valence-corrected chi connectivity index (χ3v) is 4.87. The van der Waals surface area contributed by atoms with Crippen LogP contribution in [0.4, 0.5) is 48.3 Å². The Morgan fingerprint density at radius 1 is 0.974 bits per heavy atom. The molecule has 210 valence electrons. The topological polar surface area (TPSA) is 135 Å². The monoisotopic (exact) mass is 625 g/mol. The van der Waals surface area contributed by atoms with Gasteiger partial charge in [-0.3, -0.25) is 0 Å². The van der Waals surface area contributed by atoms with E-state index < -0.39 is 29.9 Å². The van der Waals surface area contributed by atoms with E-state index in [-0.39, 0.29) is 17.3 Å². The fraction of sp³-hybridized carbons (Fsp3) is 0.182. The van der Waals surface area contributed by atoms with Crippen molar-refractivity contribution >= 4 is 45.1 Å². The van der Waals surface area contributed by atoms with Gasteiger partial charge in [-0.15, -0.1) is 0 Å². The Hall–Kier alpha value is -4.28. The Labute approximate surface area is 224 Å². The molecular formula is C22H18BrF6N5O5. The van der Waals surface area contributed by atoms with Gasteiger partial charge in [0.25, 0.3) is 0 Å². The second-order valence-electron chi connectivity index (χ2n) is 7.04. The van der Waals surface area contributed by atoms with Crippen LogP contribution in [0.15, 0.2) is 53.3 Å². The number of anilines is 3. The number of ether oxygens (including phenoxy) is 2. The number of halogens is 7. The van der Waals surface area contributed by atoms with Gasteiger partial charge in [-0.1, -0.05) is 6.07 Å². The Kier molecular flexibility index (Phi) is 10.3. The number of aliphatic carboxylic acids is 1. The van der Waals surface area contributed by atoms with Crippen LogP contribution in [-0.2, 0) is 11.0 Å². The first kappa shape index (κ1) is 30.9. The van der Waals surface area contributed by atoms with E-state index in [0.29, 0.717) is 21.7 Å². The first-order chi connectivity index (χ1) is 18.1. The zero-order valence-corrected chi connectivity index (χ0v) is 21.3. The molecule has 0 aliphatic heterocycles. The first-order valence-electron chi connectivity index (χ1n) is 10.2. The summed E-state index contributed by atoms with van der Waals surface area (Å²) in [4.78, 5) is 29.2. The Morgan fingerprint density at radius 3 is 2.18 bits per heavy atom. The maximum absolute atomic E-state index is 12.8. The molecule has 17 heteroatoms. The number of urea groups is 1. The van der Waals surface area contributed by atoms with Crippen LogP contribution in [0.25, 0.3) is 0 Å². The number of carboxylic acids is 1. The standard InChI is InChI=1S/C20H17BrF3N5O3.C2HF3O2/c1-25-16-9-17(27-10-26-16)32-18-14(21)7-13(8-15(18)31-2)29-19(30)28-12-5-3-4-11(6-12)20(22,23)24;3-2(4,5)1(6)7/h3-10H,1-2H3,(H,25,26,27)(H2,28,29,30);(H,6,7). The minimum Gasteiger partial charge on any atom is -0.493 e. The molecule has 3 aromatic rings. The maximum atomic E-state index is 12.8. The summed E-state index contributed by atoms with van der Waals surface area (Å²) in [5.41, 5.74) is -0.566. The fourth-order valence-electron chi connectivity index (χ4n) is 2.59. The molecule has 0 radical (unpaired) electrons. The SMILES string of the molecule is CNc1cc(Oc2c(Br)cc(NC(=O)Nc3cccc(C(F)(F)F)c3)cc2OC)ncn1.O=C(O)C(F)(F)F. The summed E-state index contributed by atoms with van der Waals surface area (Å²) in [6.07, 6.45) is -8.27. The van der Waals surface area contributed by atoms with Crippen LogP contribution >= 0.6 is 15.9 Å². The number of benzene rings is 2. The highest BCUT2D eigenvalue weighted by molar-refractivity contribution is 9.10. The van der Waals surface area contributed by atoms with Crippen LogP contribution in [0, 0.1) is 0 Å². The molecule has 0 bridgehead atoms. The van der Waals surface area contributed by atoms with Gasteiger partial charge in [0.2, 0.25) is 5.88 Å². The molecule has 0 fully saturated rings. The lowest BCUT2D eigenvalue weighted by molar-refractivity contribution is -0.192. The molecule has 10 nitrogen and oxygen atoms in total. The predicted molar refractivity (Wildman–Crippen MR) is 130 cm³/mol. The van der Waals surface area contributed by atoms with Gasteiger partial charge in [0.1, 0.15) is 12.1 Å². The third kappa shape index (κ3) is 9.51. The van der Waals surface area contributed by atoms with E-state index in [1.807, 2.05) is 0 Å². The normalized spacial score (nSPS) is 11.0.